The summed E-state index contributed by atoms with van der Waals surface area (Å²) >= 11 is 0. The summed E-state index contributed by atoms with van der Waals surface area (Å²) in [5.74, 6) is 0. The molecule has 0 aromatic heterocycles. The minimum atomic E-state index is -1.26. The SMILES string of the molecule is CCC=C[SiH](C)O[Si](C)(C)C. The van der Waals surface area contributed by atoms with Gasteiger partial charge in [0.2, 0.25) is 0 Å². The Morgan fingerprint density at radius 1 is 1.36 bits per heavy atom. The van der Waals surface area contributed by atoms with Crippen molar-refractivity contribution in [3.05, 3.63) is 11.8 Å². The van der Waals surface area contributed by atoms with Crippen LogP contribution in [0.25, 0.3) is 0 Å². The van der Waals surface area contributed by atoms with Crippen molar-refractivity contribution in [1.82, 2.24) is 0 Å². The lowest BCUT2D eigenvalue weighted by molar-refractivity contribution is 0.588. The summed E-state index contributed by atoms with van der Waals surface area (Å²) in [6.45, 7) is 11.1. The third-order valence-electron chi connectivity index (χ3n) is 1.18. The molecular formula is C8H20OSi2. The minimum absolute atomic E-state index is 0.964. The number of hydrogen-bond donors (Lipinski definition) is 0. The van der Waals surface area contributed by atoms with Crippen LogP contribution >= 0.6 is 0 Å². The number of rotatable bonds is 4. The highest BCUT2D eigenvalue weighted by molar-refractivity contribution is 6.78. The molecule has 1 atom stereocenters. The molecule has 0 radical (unpaired) electrons. The third-order valence-corrected chi connectivity index (χ3v) is 6.31. The lowest BCUT2D eigenvalue weighted by atomic mass is 10.5. The first-order valence-electron chi connectivity index (χ1n) is 4.30. The van der Waals surface area contributed by atoms with E-state index in [0.717, 1.165) is 6.42 Å². The fourth-order valence-corrected chi connectivity index (χ4v) is 6.36. The van der Waals surface area contributed by atoms with Crippen LogP contribution in [0.2, 0.25) is 26.2 Å². The summed E-state index contributed by atoms with van der Waals surface area (Å²) in [4.78, 5) is 0. The van der Waals surface area contributed by atoms with Crippen molar-refractivity contribution in [2.45, 2.75) is 39.5 Å². The Hall–Kier alpha value is 0.134. The standard InChI is InChI=1S/C8H20OSi2/c1-6-7-8-10(2)9-11(3,4)5/h7-8,10H,6H2,1-5H3. The summed E-state index contributed by atoms with van der Waals surface area (Å²) in [6, 6.07) is 0. The van der Waals surface area contributed by atoms with Crippen molar-refractivity contribution in [2.24, 2.45) is 0 Å². The summed E-state index contributed by atoms with van der Waals surface area (Å²) in [7, 11) is -2.22. The zero-order valence-corrected chi connectivity index (χ0v) is 10.5. The van der Waals surface area contributed by atoms with Crippen molar-refractivity contribution < 1.29 is 4.12 Å². The molecule has 3 heteroatoms. The van der Waals surface area contributed by atoms with Gasteiger partial charge in [-0.2, -0.15) is 0 Å². The van der Waals surface area contributed by atoms with E-state index in [9.17, 15) is 0 Å². The zero-order valence-electron chi connectivity index (χ0n) is 8.35. The molecule has 0 amide bonds. The first-order chi connectivity index (χ1) is 4.95. The van der Waals surface area contributed by atoms with Gasteiger partial charge in [-0.05, 0) is 32.6 Å². The molecule has 0 rings (SSSR count). The summed E-state index contributed by atoms with van der Waals surface area (Å²) < 4.78 is 5.93. The molecule has 66 valence electrons. The largest absolute Gasteiger partial charge is 0.455 e. The second-order valence-corrected chi connectivity index (χ2v) is 10.7. The first-order valence-corrected chi connectivity index (χ1v) is 10.0. The highest BCUT2D eigenvalue weighted by Crippen LogP contribution is 2.05. The van der Waals surface area contributed by atoms with Crippen molar-refractivity contribution >= 4 is 17.4 Å². The Bertz CT molecular complexity index is 127. The second-order valence-electron chi connectivity index (χ2n) is 3.77. The van der Waals surface area contributed by atoms with Crippen LogP contribution in [-0.4, -0.2) is 17.4 Å². The molecule has 0 fully saturated rings. The molecule has 0 aromatic carbocycles. The maximum absolute atomic E-state index is 5.93. The first kappa shape index (κ1) is 11.1. The Morgan fingerprint density at radius 3 is 2.27 bits per heavy atom. The molecule has 0 aliphatic carbocycles. The Kier molecular flexibility index (Phi) is 4.96. The quantitative estimate of drug-likeness (QED) is 0.616. The van der Waals surface area contributed by atoms with Crippen LogP contribution in [0, 0.1) is 0 Å². The average Bonchev–Trinajstić information content (AvgIpc) is 1.79. The van der Waals surface area contributed by atoms with Gasteiger partial charge in [0.1, 0.15) is 0 Å². The predicted molar refractivity (Wildman–Crippen MR) is 56.9 cm³/mol. The van der Waals surface area contributed by atoms with Crippen LogP contribution < -0.4 is 0 Å². The Morgan fingerprint density at radius 2 is 1.91 bits per heavy atom. The molecule has 0 aromatic rings. The number of allylic oxidation sites excluding steroid dienone is 1. The molecule has 0 spiro atoms. The van der Waals surface area contributed by atoms with Crippen molar-refractivity contribution in [3.8, 4) is 0 Å². The van der Waals surface area contributed by atoms with Gasteiger partial charge >= 0.3 is 0 Å². The summed E-state index contributed by atoms with van der Waals surface area (Å²) in [5.41, 5.74) is 2.28. The molecule has 1 unspecified atom stereocenters. The van der Waals surface area contributed by atoms with Gasteiger partial charge in [-0.1, -0.05) is 18.7 Å². The molecule has 1 nitrogen and oxygen atoms in total. The van der Waals surface area contributed by atoms with E-state index >= 15 is 0 Å². The molecular weight excluding hydrogens is 168 g/mol. The van der Waals surface area contributed by atoms with Gasteiger partial charge in [0.05, 0.1) is 0 Å². The third kappa shape index (κ3) is 8.04. The van der Waals surface area contributed by atoms with Gasteiger partial charge in [-0.15, -0.1) is 0 Å². The van der Waals surface area contributed by atoms with Crippen LogP contribution in [0.5, 0.6) is 0 Å². The van der Waals surface area contributed by atoms with Crippen LogP contribution in [0.4, 0.5) is 0 Å². The molecule has 0 saturated carbocycles. The maximum Gasteiger partial charge on any atom is 0.184 e. The normalized spacial score (nSPS) is 15.7. The van der Waals surface area contributed by atoms with E-state index in [-0.39, 0.29) is 0 Å². The lowest BCUT2D eigenvalue weighted by Gasteiger charge is -2.20. The number of hydrogen-bond acceptors (Lipinski definition) is 1. The van der Waals surface area contributed by atoms with E-state index in [0.29, 0.717) is 0 Å². The zero-order chi connectivity index (χ0) is 8.91. The van der Waals surface area contributed by atoms with E-state index in [1.807, 2.05) is 0 Å². The van der Waals surface area contributed by atoms with Gasteiger partial charge < -0.3 is 4.12 Å². The summed E-state index contributed by atoms with van der Waals surface area (Å²) in [5, 5.41) is 0. The summed E-state index contributed by atoms with van der Waals surface area (Å²) in [6.07, 6.45) is 3.35. The molecule has 0 N–H and O–H groups in total. The van der Waals surface area contributed by atoms with Crippen LogP contribution in [-0.2, 0) is 4.12 Å². The highest BCUT2D eigenvalue weighted by Gasteiger charge is 2.16. The maximum atomic E-state index is 5.93. The molecule has 0 aliphatic heterocycles. The van der Waals surface area contributed by atoms with E-state index in [1.165, 1.54) is 0 Å². The van der Waals surface area contributed by atoms with Gasteiger partial charge in [0.15, 0.2) is 17.4 Å². The predicted octanol–water partition coefficient (Wildman–Crippen LogP) is 2.70. The van der Waals surface area contributed by atoms with Crippen LogP contribution in [0.3, 0.4) is 0 Å². The van der Waals surface area contributed by atoms with Crippen molar-refractivity contribution in [1.29, 1.82) is 0 Å². The van der Waals surface area contributed by atoms with Crippen molar-refractivity contribution in [3.63, 3.8) is 0 Å². The van der Waals surface area contributed by atoms with Gasteiger partial charge in [0, 0.05) is 0 Å². The monoisotopic (exact) mass is 188 g/mol. The van der Waals surface area contributed by atoms with E-state index in [2.05, 4.69) is 44.9 Å². The van der Waals surface area contributed by atoms with E-state index in [1.54, 1.807) is 0 Å². The fraction of sp³-hybridized carbons (Fsp3) is 0.750. The average molecular weight is 188 g/mol. The van der Waals surface area contributed by atoms with E-state index in [4.69, 9.17) is 4.12 Å². The van der Waals surface area contributed by atoms with Gasteiger partial charge in [-0.25, -0.2) is 0 Å². The topological polar surface area (TPSA) is 9.23 Å². The Labute approximate surface area is 73.3 Å². The lowest BCUT2D eigenvalue weighted by Crippen LogP contribution is -2.32. The Balaban J connectivity index is 3.69. The van der Waals surface area contributed by atoms with Crippen LogP contribution in [0.15, 0.2) is 11.8 Å². The highest BCUT2D eigenvalue weighted by atomic mass is 28.4. The van der Waals surface area contributed by atoms with Crippen molar-refractivity contribution in [2.75, 3.05) is 0 Å². The fourth-order valence-electron chi connectivity index (χ4n) is 0.925. The molecule has 0 saturated heterocycles. The van der Waals surface area contributed by atoms with Gasteiger partial charge in [0.25, 0.3) is 0 Å². The smallest absolute Gasteiger partial charge is 0.184 e. The van der Waals surface area contributed by atoms with Crippen LogP contribution in [0.1, 0.15) is 13.3 Å². The van der Waals surface area contributed by atoms with Gasteiger partial charge in [-0.3, -0.25) is 0 Å². The second kappa shape index (κ2) is 4.90. The van der Waals surface area contributed by atoms with E-state index < -0.39 is 17.4 Å². The molecule has 0 heterocycles. The molecule has 0 aliphatic rings. The minimum Gasteiger partial charge on any atom is -0.455 e. The molecule has 0 bridgehead atoms. The molecule has 11 heavy (non-hydrogen) atoms.